The number of aryl methyl sites for hydroxylation is 1. The molecule has 1 atom stereocenters. The number of ketones is 2. The number of amides is 1. The molecule has 1 aliphatic heterocycles. The minimum absolute atomic E-state index is 0.113. The average molecular weight is 579 g/mol. The van der Waals surface area contributed by atoms with Gasteiger partial charge in [-0.05, 0) is 36.8 Å². The zero-order valence-corrected chi connectivity index (χ0v) is 23.9. The molecule has 12 heteroatoms. The highest BCUT2D eigenvalue weighted by Gasteiger charge is 2.47. The third kappa shape index (κ3) is 4.45. The summed E-state index contributed by atoms with van der Waals surface area (Å²) >= 11 is 0.983. The number of para-hydroxylation sites is 1. The summed E-state index contributed by atoms with van der Waals surface area (Å²) in [6.45, 7) is 3.04. The second kappa shape index (κ2) is 10.6. The number of rotatable bonds is 9. The van der Waals surface area contributed by atoms with E-state index in [1.165, 1.54) is 46.3 Å². The first-order valence-corrected chi connectivity index (χ1v) is 13.1. The fourth-order valence-electron chi connectivity index (χ4n) is 4.86. The third-order valence-corrected chi connectivity index (χ3v) is 7.98. The molecule has 0 saturated heterocycles. The van der Waals surface area contributed by atoms with Crippen LogP contribution in [-0.2, 0) is 4.79 Å². The van der Waals surface area contributed by atoms with Crippen LogP contribution in [0.15, 0.2) is 52.1 Å². The van der Waals surface area contributed by atoms with E-state index in [1.807, 2.05) is 0 Å². The highest BCUT2D eigenvalue weighted by atomic mass is 32.1. The van der Waals surface area contributed by atoms with Crippen molar-refractivity contribution in [3.05, 3.63) is 69.6 Å². The molecule has 5 rings (SSSR count). The number of hydrogen-bond donors (Lipinski definition) is 1. The van der Waals surface area contributed by atoms with Gasteiger partial charge in [-0.25, -0.2) is 4.98 Å². The molecule has 2 aromatic carbocycles. The summed E-state index contributed by atoms with van der Waals surface area (Å²) in [5.74, 6) is -1.48. The molecular weight excluding hydrogens is 552 g/mol. The van der Waals surface area contributed by atoms with Crippen molar-refractivity contribution in [3.63, 3.8) is 0 Å². The molecule has 1 N–H and O–H groups in total. The van der Waals surface area contributed by atoms with Crippen molar-refractivity contribution >= 4 is 44.9 Å². The van der Waals surface area contributed by atoms with Gasteiger partial charge in [0.2, 0.25) is 11.5 Å². The Balaban J connectivity index is 1.73. The zero-order chi connectivity index (χ0) is 29.6. The van der Waals surface area contributed by atoms with E-state index < -0.39 is 23.5 Å². The molecule has 1 aliphatic rings. The Hall–Kier alpha value is -4.84. The van der Waals surface area contributed by atoms with Crippen LogP contribution in [0, 0.1) is 6.92 Å². The number of nitrogens with zero attached hydrogens (tertiary/aromatic N) is 2. The second-order valence-electron chi connectivity index (χ2n) is 9.08. The van der Waals surface area contributed by atoms with Gasteiger partial charge in [0, 0.05) is 12.3 Å². The van der Waals surface area contributed by atoms with Crippen molar-refractivity contribution in [3.8, 4) is 23.0 Å². The topological polar surface area (TPSA) is 138 Å². The van der Waals surface area contributed by atoms with E-state index in [2.05, 4.69) is 4.98 Å². The summed E-state index contributed by atoms with van der Waals surface area (Å²) in [6, 6.07) is 8.66. The number of aliphatic hydroxyl groups is 1. The fourth-order valence-corrected chi connectivity index (χ4v) is 5.85. The summed E-state index contributed by atoms with van der Waals surface area (Å²) in [6.07, 6.45) is 0. The lowest BCUT2D eigenvalue weighted by atomic mass is 9.94. The molecule has 11 nitrogen and oxygen atoms in total. The lowest BCUT2D eigenvalue weighted by Gasteiger charge is -2.25. The van der Waals surface area contributed by atoms with Crippen molar-refractivity contribution in [2.24, 2.45) is 0 Å². The van der Waals surface area contributed by atoms with Crippen LogP contribution in [0.3, 0.4) is 0 Å². The zero-order valence-electron chi connectivity index (χ0n) is 23.1. The van der Waals surface area contributed by atoms with Gasteiger partial charge >= 0.3 is 0 Å². The van der Waals surface area contributed by atoms with E-state index in [1.54, 1.807) is 37.3 Å². The van der Waals surface area contributed by atoms with E-state index >= 15 is 0 Å². The van der Waals surface area contributed by atoms with Gasteiger partial charge in [0.1, 0.15) is 0 Å². The van der Waals surface area contributed by atoms with E-state index in [-0.39, 0.29) is 33.7 Å². The van der Waals surface area contributed by atoms with Crippen LogP contribution < -0.4 is 23.8 Å². The number of ether oxygens (including phenoxy) is 4. The number of furan rings is 1. The first kappa shape index (κ1) is 27.7. The smallest absolute Gasteiger partial charge is 0.296 e. The molecule has 0 fully saturated rings. The van der Waals surface area contributed by atoms with Gasteiger partial charge in [0.15, 0.2) is 45.3 Å². The molecule has 0 unspecified atom stereocenters. The summed E-state index contributed by atoms with van der Waals surface area (Å²) < 4.78 is 27.7. The summed E-state index contributed by atoms with van der Waals surface area (Å²) in [7, 11) is 5.79. The Morgan fingerprint density at radius 2 is 1.66 bits per heavy atom. The molecular formula is C29H26N2O9S. The SMILES string of the molecule is COc1cc([C@@H]2C(C(=O)c3cc4cccc(OC)c4o3)=C(O)C(=O)N2c2nc(C)c(C(C)=O)s2)cc(OC)c1OC. The minimum atomic E-state index is -1.19. The molecule has 1 amide bonds. The normalized spacial score (nSPS) is 15.0. The van der Waals surface area contributed by atoms with Crippen molar-refractivity contribution in [1.82, 2.24) is 4.98 Å². The number of aromatic nitrogens is 1. The van der Waals surface area contributed by atoms with Crippen molar-refractivity contribution < 1.29 is 42.9 Å². The molecule has 4 aromatic rings. The Morgan fingerprint density at radius 3 is 2.22 bits per heavy atom. The van der Waals surface area contributed by atoms with E-state index in [9.17, 15) is 19.5 Å². The van der Waals surface area contributed by atoms with Gasteiger partial charge in [-0.1, -0.05) is 23.5 Å². The number of aliphatic hydroxyl groups excluding tert-OH is 1. The Kier molecular flexibility index (Phi) is 7.18. The number of Topliss-reactive ketones (excluding diaryl/α,β-unsaturated/α-hetero) is 2. The number of fused-ring (bicyclic) bond motifs is 1. The minimum Gasteiger partial charge on any atom is -0.503 e. The highest BCUT2D eigenvalue weighted by molar-refractivity contribution is 7.17. The molecule has 0 radical (unpaired) electrons. The first-order chi connectivity index (χ1) is 19.6. The number of methoxy groups -OCH3 is 4. The van der Waals surface area contributed by atoms with Gasteiger partial charge in [0.05, 0.1) is 50.6 Å². The fraction of sp³-hybridized carbons (Fsp3) is 0.241. The lowest BCUT2D eigenvalue weighted by molar-refractivity contribution is -0.117. The predicted molar refractivity (Wildman–Crippen MR) is 150 cm³/mol. The molecule has 0 spiro atoms. The van der Waals surface area contributed by atoms with Crippen LogP contribution in [0.2, 0.25) is 0 Å². The van der Waals surface area contributed by atoms with Crippen molar-refractivity contribution in [2.75, 3.05) is 33.3 Å². The number of anilines is 1. The molecule has 212 valence electrons. The van der Waals surface area contributed by atoms with Crippen LogP contribution in [0.5, 0.6) is 23.0 Å². The molecule has 41 heavy (non-hydrogen) atoms. The standard InChI is InChI=1S/C29H26N2O9S/c1-13-27(14(2)32)41-29(30-13)31-22(16-11-19(37-4)26(39-6)20(12-16)38-5)21(24(34)28(31)35)23(33)18-10-15-8-7-9-17(36-3)25(15)40-18/h7-12,22,34H,1-6H3/t22-/m1/s1. The van der Waals surface area contributed by atoms with Crippen LogP contribution in [0.1, 0.15) is 44.4 Å². The number of benzene rings is 2. The van der Waals surface area contributed by atoms with Crippen LogP contribution in [0.4, 0.5) is 5.13 Å². The van der Waals surface area contributed by atoms with E-state index in [0.717, 1.165) is 11.3 Å². The first-order valence-electron chi connectivity index (χ1n) is 12.3. The van der Waals surface area contributed by atoms with Crippen molar-refractivity contribution in [1.29, 1.82) is 0 Å². The molecule has 0 saturated carbocycles. The Bertz CT molecular complexity index is 1730. The van der Waals surface area contributed by atoms with Gasteiger partial charge in [-0.3, -0.25) is 19.3 Å². The molecule has 2 aromatic heterocycles. The van der Waals surface area contributed by atoms with Crippen LogP contribution in [0.25, 0.3) is 11.0 Å². The van der Waals surface area contributed by atoms with Gasteiger partial charge in [0.25, 0.3) is 5.91 Å². The predicted octanol–water partition coefficient (Wildman–Crippen LogP) is 5.22. The number of thiazole rings is 1. The van der Waals surface area contributed by atoms with E-state index in [4.69, 9.17) is 23.4 Å². The number of carbonyl (C=O) groups is 3. The number of hydrogen-bond acceptors (Lipinski definition) is 11. The Morgan fingerprint density at radius 1 is 1.00 bits per heavy atom. The highest BCUT2D eigenvalue weighted by Crippen LogP contribution is 2.48. The largest absolute Gasteiger partial charge is 0.503 e. The third-order valence-electron chi connectivity index (χ3n) is 6.72. The van der Waals surface area contributed by atoms with Crippen LogP contribution >= 0.6 is 11.3 Å². The number of carbonyl (C=O) groups excluding carboxylic acids is 3. The van der Waals surface area contributed by atoms with Crippen molar-refractivity contribution in [2.45, 2.75) is 19.9 Å². The molecule has 0 bridgehead atoms. The van der Waals surface area contributed by atoms with Crippen LogP contribution in [-0.4, -0.2) is 56.0 Å². The van der Waals surface area contributed by atoms with Gasteiger partial charge < -0.3 is 28.5 Å². The maximum Gasteiger partial charge on any atom is 0.296 e. The van der Waals surface area contributed by atoms with Gasteiger partial charge in [-0.2, -0.15) is 0 Å². The maximum absolute atomic E-state index is 14.1. The monoisotopic (exact) mass is 578 g/mol. The maximum atomic E-state index is 14.1. The van der Waals surface area contributed by atoms with Gasteiger partial charge in [-0.15, -0.1) is 0 Å². The second-order valence-corrected chi connectivity index (χ2v) is 10.1. The summed E-state index contributed by atoms with van der Waals surface area (Å²) in [5, 5.41) is 11.9. The average Bonchev–Trinajstić information content (AvgIpc) is 3.65. The lowest BCUT2D eigenvalue weighted by Crippen LogP contribution is -2.31. The molecule has 3 heterocycles. The van der Waals surface area contributed by atoms with E-state index in [0.29, 0.717) is 38.6 Å². The Labute approximate surface area is 238 Å². The molecule has 0 aliphatic carbocycles. The quantitative estimate of drug-likeness (QED) is 0.263. The summed E-state index contributed by atoms with van der Waals surface area (Å²) in [4.78, 5) is 45.9. The summed E-state index contributed by atoms with van der Waals surface area (Å²) in [5.41, 5.74) is 0.855.